The Morgan fingerprint density at radius 1 is 1.50 bits per heavy atom. The summed E-state index contributed by atoms with van der Waals surface area (Å²) in [6, 6.07) is 4.03. The van der Waals surface area contributed by atoms with Crippen LogP contribution in [-0.4, -0.2) is 26.3 Å². The van der Waals surface area contributed by atoms with Gasteiger partial charge in [-0.1, -0.05) is 36.9 Å². The number of carbonyl (C=O) groups is 1. The molecule has 1 aliphatic carbocycles. The van der Waals surface area contributed by atoms with Crippen LogP contribution in [0.3, 0.4) is 0 Å². The van der Waals surface area contributed by atoms with Gasteiger partial charge in [0.25, 0.3) is 0 Å². The highest BCUT2D eigenvalue weighted by Crippen LogP contribution is 2.48. The molecule has 1 fully saturated rings. The Hall–Kier alpha value is -1.40. The van der Waals surface area contributed by atoms with Crippen molar-refractivity contribution in [1.82, 2.24) is 14.8 Å². The van der Waals surface area contributed by atoms with Gasteiger partial charge in [0.1, 0.15) is 5.78 Å². The average Bonchev–Trinajstić information content (AvgIpc) is 3.10. The summed E-state index contributed by atoms with van der Waals surface area (Å²) >= 11 is 3.12. The minimum absolute atomic E-state index is 0.167. The number of aromatic nitrogens is 3. The van der Waals surface area contributed by atoms with Gasteiger partial charge in [0.2, 0.25) is 0 Å². The predicted octanol–water partition coefficient (Wildman–Crippen LogP) is 3.95. The second-order valence-electron chi connectivity index (χ2n) is 5.79. The van der Waals surface area contributed by atoms with Gasteiger partial charge in [-0.3, -0.25) is 4.79 Å². The topological polar surface area (TPSA) is 47.8 Å². The van der Waals surface area contributed by atoms with Crippen LogP contribution in [0.15, 0.2) is 34.8 Å². The van der Waals surface area contributed by atoms with E-state index < -0.39 is 0 Å². The van der Waals surface area contributed by atoms with Crippen molar-refractivity contribution in [2.24, 2.45) is 12.5 Å². The first-order chi connectivity index (χ1) is 10.6. The first kappa shape index (κ1) is 15.5. The van der Waals surface area contributed by atoms with Crippen LogP contribution in [-0.2, 0) is 11.8 Å². The third kappa shape index (κ3) is 2.65. The minimum atomic E-state index is -0.167. The molecule has 6 heteroatoms. The zero-order valence-corrected chi connectivity index (χ0v) is 14.5. The number of hydrogen-bond acceptors (Lipinski definition) is 5. The Labute approximate surface area is 138 Å². The Morgan fingerprint density at radius 3 is 2.86 bits per heavy atom. The molecule has 0 bridgehead atoms. The van der Waals surface area contributed by atoms with Crippen LogP contribution in [0, 0.1) is 5.41 Å². The largest absolute Gasteiger partial charge is 0.304 e. The van der Waals surface area contributed by atoms with Crippen LogP contribution in [0.1, 0.15) is 26.2 Å². The zero-order valence-electron chi connectivity index (χ0n) is 12.8. The molecule has 0 unspecified atom stereocenters. The summed E-state index contributed by atoms with van der Waals surface area (Å²) in [5.41, 5.74) is 1.03. The summed E-state index contributed by atoms with van der Waals surface area (Å²) in [5, 5.41) is 11.3. The van der Waals surface area contributed by atoms with Crippen LogP contribution in [0.25, 0.3) is 10.7 Å². The number of thiophene rings is 1. The van der Waals surface area contributed by atoms with E-state index in [0.717, 1.165) is 35.1 Å². The first-order valence-electron chi connectivity index (χ1n) is 7.32. The molecule has 0 spiro atoms. The average molecular weight is 333 g/mol. The maximum atomic E-state index is 12.5. The van der Waals surface area contributed by atoms with E-state index in [9.17, 15) is 4.79 Å². The molecule has 0 aliphatic heterocycles. The molecule has 2 aromatic heterocycles. The van der Waals surface area contributed by atoms with E-state index in [1.165, 1.54) is 17.3 Å². The fourth-order valence-electron chi connectivity index (χ4n) is 2.89. The number of allylic oxidation sites excluding steroid dienone is 1. The molecule has 22 heavy (non-hydrogen) atoms. The van der Waals surface area contributed by atoms with E-state index >= 15 is 0 Å². The predicted molar refractivity (Wildman–Crippen MR) is 91.1 cm³/mol. The Balaban J connectivity index is 1.67. The van der Waals surface area contributed by atoms with E-state index in [1.807, 2.05) is 29.1 Å². The molecule has 2 aromatic rings. The Morgan fingerprint density at radius 2 is 2.27 bits per heavy atom. The highest BCUT2D eigenvalue weighted by Gasteiger charge is 2.44. The van der Waals surface area contributed by atoms with Gasteiger partial charge >= 0.3 is 0 Å². The van der Waals surface area contributed by atoms with Crippen LogP contribution in [0.5, 0.6) is 0 Å². The second kappa shape index (κ2) is 6.01. The molecule has 4 nitrogen and oxygen atoms in total. The summed E-state index contributed by atoms with van der Waals surface area (Å²) in [6.45, 7) is 6.06. The lowest BCUT2D eigenvalue weighted by Gasteiger charge is -2.41. The van der Waals surface area contributed by atoms with Gasteiger partial charge < -0.3 is 4.57 Å². The molecule has 0 saturated heterocycles. The van der Waals surface area contributed by atoms with Crippen molar-refractivity contribution in [3.63, 3.8) is 0 Å². The Kier molecular flexibility index (Phi) is 4.23. The first-order valence-corrected chi connectivity index (χ1v) is 9.18. The van der Waals surface area contributed by atoms with Gasteiger partial charge in [0, 0.05) is 12.5 Å². The lowest BCUT2D eigenvalue weighted by atomic mass is 9.62. The van der Waals surface area contributed by atoms with Crippen molar-refractivity contribution in [2.75, 3.05) is 5.75 Å². The molecule has 0 radical (unpaired) electrons. The number of rotatable bonds is 6. The van der Waals surface area contributed by atoms with Crippen LogP contribution < -0.4 is 0 Å². The lowest BCUT2D eigenvalue weighted by Crippen LogP contribution is -2.40. The second-order valence-corrected chi connectivity index (χ2v) is 7.68. The number of ketones is 1. The van der Waals surface area contributed by atoms with E-state index in [1.54, 1.807) is 11.3 Å². The molecule has 0 amide bonds. The summed E-state index contributed by atoms with van der Waals surface area (Å²) in [6.07, 6.45) is 2.59. The van der Waals surface area contributed by atoms with Crippen LogP contribution >= 0.6 is 23.1 Å². The molecule has 116 valence electrons. The van der Waals surface area contributed by atoms with E-state index in [-0.39, 0.29) is 5.41 Å². The number of hydrogen-bond donors (Lipinski definition) is 0. The number of carbonyl (C=O) groups excluding carboxylic acids is 1. The quantitative estimate of drug-likeness (QED) is 0.593. The van der Waals surface area contributed by atoms with Crippen molar-refractivity contribution in [3.8, 4) is 10.7 Å². The molecular formula is C16H19N3OS2. The molecule has 0 atom stereocenters. The summed E-state index contributed by atoms with van der Waals surface area (Å²) in [5.74, 6) is 1.62. The fourth-order valence-corrected chi connectivity index (χ4v) is 4.58. The number of nitrogens with zero attached hydrogens (tertiary/aromatic N) is 3. The molecule has 0 aromatic carbocycles. The smallest absolute Gasteiger partial charge is 0.191 e. The van der Waals surface area contributed by atoms with Crippen molar-refractivity contribution in [3.05, 3.63) is 29.7 Å². The molecular weight excluding hydrogens is 314 g/mol. The fraction of sp³-hybridized carbons (Fsp3) is 0.438. The van der Waals surface area contributed by atoms with Crippen LogP contribution in [0.4, 0.5) is 0 Å². The van der Waals surface area contributed by atoms with E-state index in [2.05, 4.69) is 23.7 Å². The third-order valence-electron chi connectivity index (χ3n) is 4.35. The lowest BCUT2D eigenvalue weighted by molar-refractivity contribution is -0.128. The normalized spacial score (nSPS) is 16.5. The third-order valence-corrected chi connectivity index (χ3v) is 6.24. The summed E-state index contributed by atoms with van der Waals surface area (Å²) in [4.78, 5) is 13.6. The summed E-state index contributed by atoms with van der Waals surface area (Å²) in [7, 11) is 1.95. The maximum absolute atomic E-state index is 12.5. The maximum Gasteiger partial charge on any atom is 0.191 e. The van der Waals surface area contributed by atoms with Gasteiger partial charge in [0.15, 0.2) is 11.0 Å². The highest BCUT2D eigenvalue weighted by molar-refractivity contribution is 7.99. The molecule has 2 heterocycles. The standard InChI is InChI=1S/C16H19N3OS2/c1-4-16(8-11(2)9-16)13(20)10-22-15-18-17-14(19(15)3)12-6-5-7-21-12/h5-7H,2,4,8-10H2,1,3H3. The van der Waals surface area contributed by atoms with Crippen molar-refractivity contribution in [2.45, 2.75) is 31.3 Å². The van der Waals surface area contributed by atoms with E-state index in [4.69, 9.17) is 0 Å². The molecule has 1 saturated carbocycles. The SMILES string of the molecule is C=C1CC(CC)(C(=O)CSc2nnc(-c3cccs3)n2C)C1. The molecule has 1 aliphatic rings. The van der Waals surface area contributed by atoms with Crippen molar-refractivity contribution in [1.29, 1.82) is 0 Å². The monoisotopic (exact) mass is 333 g/mol. The van der Waals surface area contributed by atoms with E-state index in [0.29, 0.717) is 11.5 Å². The highest BCUT2D eigenvalue weighted by atomic mass is 32.2. The zero-order chi connectivity index (χ0) is 15.7. The molecule has 0 N–H and O–H groups in total. The van der Waals surface area contributed by atoms with Gasteiger partial charge in [-0.05, 0) is 30.7 Å². The van der Waals surface area contributed by atoms with Crippen molar-refractivity contribution >= 4 is 28.9 Å². The molecule has 3 rings (SSSR count). The summed E-state index contributed by atoms with van der Waals surface area (Å²) < 4.78 is 1.96. The van der Waals surface area contributed by atoms with Gasteiger partial charge in [0.05, 0.1) is 10.6 Å². The van der Waals surface area contributed by atoms with Gasteiger partial charge in [-0.15, -0.1) is 21.5 Å². The Bertz CT molecular complexity index is 695. The van der Waals surface area contributed by atoms with Gasteiger partial charge in [-0.25, -0.2) is 0 Å². The minimum Gasteiger partial charge on any atom is -0.304 e. The number of thioether (sulfide) groups is 1. The van der Waals surface area contributed by atoms with Crippen molar-refractivity contribution < 1.29 is 4.79 Å². The van der Waals surface area contributed by atoms with Crippen LogP contribution in [0.2, 0.25) is 0 Å². The number of Topliss-reactive ketones (excluding diaryl/α,β-unsaturated/α-hetero) is 1. The van der Waals surface area contributed by atoms with Gasteiger partial charge in [-0.2, -0.15) is 0 Å².